The van der Waals surface area contributed by atoms with E-state index in [9.17, 15) is 18.4 Å². The fourth-order valence-electron chi connectivity index (χ4n) is 3.68. The Morgan fingerprint density at radius 3 is 2.50 bits per heavy atom. The van der Waals surface area contributed by atoms with Gasteiger partial charge in [0.25, 0.3) is 5.91 Å². The molecule has 1 amide bonds. The molecule has 1 heterocycles. The first kappa shape index (κ1) is 20.2. The summed E-state index contributed by atoms with van der Waals surface area (Å²) in [6.07, 6.45) is 4.37. The van der Waals surface area contributed by atoms with Crippen LogP contribution in [0.5, 0.6) is 0 Å². The van der Waals surface area contributed by atoms with Crippen LogP contribution in [0.1, 0.15) is 44.7 Å². The molecule has 1 N–H and O–H groups in total. The largest absolute Gasteiger partial charge is 0.465 e. The Kier molecular flexibility index (Phi) is 5.63. The smallest absolute Gasteiger partial charge is 0.341 e. The molecule has 0 atom stereocenters. The third kappa shape index (κ3) is 3.85. The number of fused-ring (bicyclic) bond motifs is 1. The minimum atomic E-state index is -1.11. The zero-order valence-corrected chi connectivity index (χ0v) is 17.1. The molecule has 0 saturated carbocycles. The number of ether oxygens (including phenoxy) is 1. The number of anilines is 1. The molecule has 154 valence electrons. The number of halogens is 2. The second-order valence-electron chi connectivity index (χ2n) is 7.12. The number of benzene rings is 2. The number of thiophene rings is 1. The van der Waals surface area contributed by atoms with Crippen LogP contribution in [-0.4, -0.2) is 19.0 Å². The Morgan fingerprint density at radius 2 is 1.77 bits per heavy atom. The van der Waals surface area contributed by atoms with E-state index in [0.29, 0.717) is 10.6 Å². The number of hydrogen-bond donors (Lipinski definition) is 1. The van der Waals surface area contributed by atoms with Crippen LogP contribution in [0.15, 0.2) is 41.8 Å². The van der Waals surface area contributed by atoms with E-state index in [1.54, 1.807) is 5.38 Å². The van der Waals surface area contributed by atoms with Gasteiger partial charge in [-0.15, -0.1) is 11.3 Å². The van der Waals surface area contributed by atoms with Crippen molar-refractivity contribution in [1.82, 2.24) is 0 Å². The van der Waals surface area contributed by atoms with Crippen LogP contribution >= 0.6 is 11.3 Å². The van der Waals surface area contributed by atoms with E-state index >= 15 is 0 Å². The molecule has 0 bridgehead atoms. The van der Waals surface area contributed by atoms with Gasteiger partial charge in [-0.05, 0) is 60.6 Å². The molecule has 1 aromatic heterocycles. The summed E-state index contributed by atoms with van der Waals surface area (Å²) in [5.41, 5.74) is 4.34. The first-order valence-electron chi connectivity index (χ1n) is 9.56. The van der Waals surface area contributed by atoms with Crippen LogP contribution in [0.3, 0.4) is 0 Å². The molecule has 2 aromatic carbocycles. The highest BCUT2D eigenvalue weighted by Crippen LogP contribution is 2.38. The number of carbonyl (C=O) groups excluding carboxylic acids is 2. The summed E-state index contributed by atoms with van der Waals surface area (Å²) >= 11 is 1.18. The molecule has 7 heteroatoms. The van der Waals surface area contributed by atoms with Gasteiger partial charge in [0.2, 0.25) is 0 Å². The highest BCUT2D eigenvalue weighted by Gasteiger charge is 2.24. The van der Waals surface area contributed by atoms with Crippen molar-refractivity contribution in [2.75, 3.05) is 12.4 Å². The summed E-state index contributed by atoms with van der Waals surface area (Å²) < 4.78 is 31.6. The van der Waals surface area contributed by atoms with Crippen molar-refractivity contribution in [3.63, 3.8) is 0 Å². The van der Waals surface area contributed by atoms with Crippen LogP contribution < -0.4 is 5.32 Å². The summed E-state index contributed by atoms with van der Waals surface area (Å²) in [7, 11) is 1.28. The van der Waals surface area contributed by atoms with E-state index < -0.39 is 23.5 Å². The van der Waals surface area contributed by atoms with E-state index in [-0.39, 0.29) is 11.1 Å². The predicted octanol–water partition coefficient (Wildman–Crippen LogP) is 5.61. The van der Waals surface area contributed by atoms with Crippen molar-refractivity contribution >= 4 is 28.2 Å². The van der Waals surface area contributed by atoms with Crippen LogP contribution in [0.2, 0.25) is 0 Å². The monoisotopic (exact) mass is 427 g/mol. The third-order valence-electron chi connectivity index (χ3n) is 5.25. The quantitative estimate of drug-likeness (QED) is 0.551. The zero-order chi connectivity index (χ0) is 21.3. The molecule has 30 heavy (non-hydrogen) atoms. The average molecular weight is 427 g/mol. The molecule has 0 fully saturated rings. The number of rotatable bonds is 4. The number of amides is 1. The number of methoxy groups -OCH3 is 1. The van der Waals surface area contributed by atoms with Crippen LogP contribution in [0.25, 0.3) is 11.1 Å². The van der Waals surface area contributed by atoms with Crippen molar-refractivity contribution in [1.29, 1.82) is 0 Å². The fourth-order valence-corrected chi connectivity index (χ4v) is 4.63. The molecule has 0 spiro atoms. The molecule has 4 nitrogen and oxygen atoms in total. The van der Waals surface area contributed by atoms with Gasteiger partial charge in [-0.1, -0.05) is 18.2 Å². The molecular formula is C23H19F2NO3S. The molecular weight excluding hydrogens is 408 g/mol. The Labute approximate surface area is 176 Å². The van der Waals surface area contributed by atoms with E-state index in [2.05, 4.69) is 17.4 Å². The van der Waals surface area contributed by atoms with Crippen molar-refractivity contribution in [3.8, 4) is 11.1 Å². The van der Waals surface area contributed by atoms with Gasteiger partial charge in [-0.25, -0.2) is 13.6 Å². The lowest BCUT2D eigenvalue weighted by atomic mass is 9.89. The summed E-state index contributed by atoms with van der Waals surface area (Å²) in [6.45, 7) is 0. The molecule has 0 radical (unpaired) electrons. The summed E-state index contributed by atoms with van der Waals surface area (Å²) in [4.78, 5) is 25.1. The topological polar surface area (TPSA) is 55.4 Å². The molecule has 0 aliphatic heterocycles. The maximum atomic E-state index is 13.5. The summed E-state index contributed by atoms with van der Waals surface area (Å²) in [6, 6.07) is 9.04. The summed E-state index contributed by atoms with van der Waals surface area (Å²) in [5.74, 6) is -3.37. The van der Waals surface area contributed by atoms with Crippen LogP contribution in [0.4, 0.5) is 13.8 Å². The first-order chi connectivity index (χ1) is 14.5. The van der Waals surface area contributed by atoms with Crippen molar-refractivity contribution in [3.05, 3.63) is 75.7 Å². The highest BCUT2D eigenvalue weighted by atomic mass is 32.1. The normalized spacial score (nSPS) is 12.9. The number of hydrogen-bond acceptors (Lipinski definition) is 4. The maximum Gasteiger partial charge on any atom is 0.341 e. The van der Waals surface area contributed by atoms with Crippen LogP contribution in [-0.2, 0) is 17.6 Å². The molecule has 1 aliphatic carbocycles. The van der Waals surface area contributed by atoms with Crippen molar-refractivity contribution in [2.45, 2.75) is 25.7 Å². The van der Waals surface area contributed by atoms with E-state index in [1.807, 2.05) is 6.07 Å². The van der Waals surface area contributed by atoms with Gasteiger partial charge < -0.3 is 10.1 Å². The SMILES string of the molecule is COC(=O)c1c(-c2ccc3c(c2)CCCC3)csc1NC(=O)c1ccc(F)c(F)c1. The van der Waals surface area contributed by atoms with Crippen LogP contribution in [0, 0.1) is 11.6 Å². The molecule has 0 unspecified atom stereocenters. The fraction of sp³-hybridized carbons (Fsp3) is 0.217. The van der Waals surface area contributed by atoms with Gasteiger partial charge in [0.15, 0.2) is 11.6 Å². The van der Waals surface area contributed by atoms with E-state index in [1.165, 1.54) is 42.1 Å². The minimum absolute atomic E-state index is 0.0477. The lowest BCUT2D eigenvalue weighted by Crippen LogP contribution is -2.14. The zero-order valence-electron chi connectivity index (χ0n) is 16.3. The lowest BCUT2D eigenvalue weighted by Gasteiger charge is -2.16. The molecule has 4 rings (SSSR count). The van der Waals surface area contributed by atoms with Gasteiger partial charge in [-0.3, -0.25) is 4.79 Å². The second kappa shape index (κ2) is 8.36. The Balaban J connectivity index is 1.69. The van der Waals surface area contributed by atoms with Gasteiger partial charge in [0.1, 0.15) is 10.6 Å². The highest BCUT2D eigenvalue weighted by molar-refractivity contribution is 7.15. The predicted molar refractivity (Wildman–Crippen MR) is 112 cm³/mol. The first-order valence-corrected chi connectivity index (χ1v) is 10.4. The Hall–Kier alpha value is -3.06. The van der Waals surface area contributed by atoms with Crippen molar-refractivity contribution in [2.24, 2.45) is 0 Å². The van der Waals surface area contributed by atoms with Gasteiger partial charge in [0.05, 0.1) is 7.11 Å². The Morgan fingerprint density at radius 1 is 1.00 bits per heavy atom. The van der Waals surface area contributed by atoms with Crippen molar-refractivity contribution < 1.29 is 23.1 Å². The number of aryl methyl sites for hydroxylation is 2. The standard InChI is InChI=1S/C23H19F2NO3S/c1-29-23(28)20-17(15-7-6-13-4-2-3-5-14(13)10-15)12-30-22(20)26-21(27)16-8-9-18(24)19(25)11-16/h6-12H,2-5H2,1H3,(H,26,27). The third-order valence-corrected chi connectivity index (χ3v) is 6.14. The second-order valence-corrected chi connectivity index (χ2v) is 8.00. The van der Waals surface area contributed by atoms with E-state index in [0.717, 1.165) is 37.0 Å². The Bertz CT molecular complexity index is 1140. The van der Waals surface area contributed by atoms with Gasteiger partial charge >= 0.3 is 5.97 Å². The minimum Gasteiger partial charge on any atom is -0.465 e. The molecule has 3 aromatic rings. The average Bonchev–Trinajstić information content (AvgIpc) is 3.18. The number of esters is 1. The van der Waals surface area contributed by atoms with Gasteiger partial charge in [-0.2, -0.15) is 0 Å². The molecule has 0 saturated heterocycles. The number of nitrogens with one attached hydrogen (secondary N) is 1. The number of carbonyl (C=O) groups is 2. The van der Waals surface area contributed by atoms with Gasteiger partial charge in [0, 0.05) is 16.5 Å². The lowest BCUT2D eigenvalue weighted by molar-refractivity contribution is 0.0603. The summed E-state index contributed by atoms with van der Waals surface area (Å²) in [5, 5.41) is 4.72. The molecule has 1 aliphatic rings. The van der Waals surface area contributed by atoms with E-state index in [4.69, 9.17) is 4.74 Å². The maximum absolute atomic E-state index is 13.5.